The molecule has 0 amide bonds. The lowest BCUT2D eigenvalue weighted by molar-refractivity contribution is 0.0786. The molecule has 1 atom stereocenters. The normalized spacial score (nSPS) is 18.4. The van der Waals surface area contributed by atoms with Gasteiger partial charge in [-0.05, 0) is 23.8 Å². The van der Waals surface area contributed by atoms with E-state index in [4.69, 9.17) is 4.98 Å². The van der Waals surface area contributed by atoms with Crippen molar-refractivity contribution in [2.24, 2.45) is 0 Å². The lowest BCUT2D eigenvalue weighted by Crippen LogP contribution is -2.25. The molecule has 4 aromatic heterocycles. The van der Waals surface area contributed by atoms with Crippen LogP contribution in [0.3, 0.4) is 0 Å². The number of benzene rings is 1. The number of hydrogen-bond acceptors (Lipinski definition) is 6. The molecule has 0 aliphatic carbocycles. The van der Waals surface area contributed by atoms with Crippen LogP contribution >= 0.6 is 11.3 Å². The SMILES string of the molecule is O[C@@]1(c2cccc(-c3csc(-c4n[nH]c5cccnc45)n3)c2)CCn2ccnc21. The molecule has 0 spiro atoms. The third-order valence-corrected chi connectivity index (χ3v) is 6.31. The molecule has 7 nitrogen and oxygen atoms in total. The quantitative estimate of drug-likeness (QED) is 0.483. The molecule has 0 bridgehead atoms. The smallest absolute Gasteiger partial charge is 0.149 e. The standard InChI is InChI=1S/C21H16N6OS/c28-21(6-9-27-10-8-23-20(21)27)14-4-1-3-13(11-14)16-12-29-19(24-16)18-17-15(25-26-18)5-2-7-22-17/h1-5,7-8,10-12,28H,6,9H2,(H,25,26)/t21-/m1/s1. The monoisotopic (exact) mass is 400 g/mol. The number of imidazole rings is 1. The number of aromatic nitrogens is 6. The summed E-state index contributed by atoms with van der Waals surface area (Å²) in [6.07, 6.45) is 6.02. The third-order valence-electron chi connectivity index (χ3n) is 5.46. The minimum atomic E-state index is -1.07. The maximum absolute atomic E-state index is 11.3. The van der Waals surface area contributed by atoms with Crippen LogP contribution in [0.5, 0.6) is 0 Å². The van der Waals surface area contributed by atoms with Crippen LogP contribution in [-0.2, 0) is 12.1 Å². The number of thiazole rings is 1. The van der Waals surface area contributed by atoms with Crippen LogP contribution in [0, 0.1) is 0 Å². The molecule has 29 heavy (non-hydrogen) atoms. The predicted molar refractivity (Wildman–Crippen MR) is 110 cm³/mol. The van der Waals surface area contributed by atoms with E-state index in [1.165, 1.54) is 11.3 Å². The summed E-state index contributed by atoms with van der Waals surface area (Å²) in [7, 11) is 0. The van der Waals surface area contributed by atoms with Crippen LogP contribution < -0.4 is 0 Å². The lowest BCUT2D eigenvalue weighted by Gasteiger charge is -2.22. The second-order valence-electron chi connectivity index (χ2n) is 7.15. The van der Waals surface area contributed by atoms with Crippen molar-refractivity contribution in [3.63, 3.8) is 0 Å². The number of aliphatic hydroxyl groups is 1. The Morgan fingerprint density at radius 3 is 3.07 bits per heavy atom. The average Bonchev–Trinajstić information content (AvgIpc) is 3.53. The Labute approximate surface area is 169 Å². The summed E-state index contributed by atoms with van der Waals surface area (Å²) in [6.45, 7) is 0.760. The van der Waals surface area contributed by atoms with E-state index in [2.05, 4.69) is 20.2 Å². The fourth-order valence-corrected chi connectivity index (χ4v) is 4.79. The average molecular weight is 400 g/mol. The summed E-state index contributed by atoms with van der Waals surface area (Å²) < 4.78 is 2.00. The number of aromatic amines is 1. The summed E-state index contributed by atoms with van der Waals surface area (Å²) in [4.78, 5) is 13.6. The number of pyridine rings is 1. The zero-order valence-electron chi connectivity index (χ0n) is 15.3. The van der Waals surface area contributed by atoms with Gasteiger partial charge in [-0.25, -0.2) is 9.97 Å². The van der Waals surface area contributed by atoms with E-state index in [0.29, 0.717) is 12.2 Å². The largest absolute Gasteiger partial charge is 0.377 e. The molecule has 6 rings (SSSR count). The zero-order chi connectivity index (χ0) is 19.4. The predicted octanol–water partition coefficient (Wildman–Crippen LogP) is 3.58. The van der Waals surface area contributed by atoms with E-state index < -0.39 is 5.60 Å². The molecule has 1 aromatic carbocycles. The van der Waals surface area contributed by atoms with Gasteiger partial charge < -0.3 is 9.67 Å². The van der Waals surface area contributed by atoms with Gasteiger partial charge in [-0.15, -0.1) is 11.3 Å². The van der Waals surface area contributed by atoms with Crippen molar-refractivity contribution in [3.8, 4) is 22.0 Å². The van der Waals surface area contributed by atoms with Crippen LogP contribution in [0.4, 0.5) is 0 Å². The summed E-state index contributed by atoms with van der Waals surface area (Å²) in [6, 6.07) is 11.7. The lowest BCUT2D eigenvalue weighted by atomic mass is 9.90. The highest BCUT2D eigenvalue weighted by Gasteiger charge is 2.40. The Bertz CT molecular complexity index is 1350. The van der Waals surface area contributed by atoms with Crippen LogP contribution in [0.2, 0.25) is 0 Å². The Hall–Kier alpha value is -3.36. The molecule has 5 heterocycles. The molecule has 0 unspecified atom stereocenters. The zero-order valence-corrected chi connectivity index (χ0v) is 16.1. The molecule has 1 aliphatic heterocycles. The minimum Gasteiger partial charge on any atom is -0.377 e. The number of rotatable bonds is 3. The molecule has 0 radical (unpaired) electrons. The summed E-state index contributed by atoms with van der Waals surface area (Å²) >= 11 is 1.53. The molecule has 5 aromatic rings. The number of nitrogens with zero attached hydrogens (tertiary/aromatic N) is 5. The molecule has 0 saturated carbocycles. The first-order valence-corrected chi connectivity index (χ1v) is 10.2. The summed E-state index contributed by atoms with van der Waals surface area (Å²) in [5.74, 6) is 0.697. The summed E-state index contributed by atoms with van der Waals surface area (Å²) in [5.41, 5.74) is 4.03. The van der Waals surface area contributed by atoms with Crippen molar-refractivity contribution in [1.29, 1.82) is 0 Å². The van der Waals surface area contributed by atoms with Crippen molar-refractivity contribution in [3.05, 3.63) is 71.8 Å². The van der Waals surface area contributed by atoms with Gasteiger partial charge in [0.1, 0.15) is 27.6 Å². The Morgan fingerprint density at radius 2 is 2.10 bits per heavy atom. The highest BCUT2D eigenvalue weighted by Crippen LogP contribution is 2.39. The van der Waals surface area contributed by atoms with E-state index >= 15 is 0 Å². The van der Waals surface area contributed by atoms with Gasteiger partial charge in [-0.3, -0.25) is 10.1 Å². The summed E-state index contributed by atoms with van der Waals surface area (Å²) in [5, 5.41) is 21.5. The van der Waals surface area contributed by atoms with Crippen LogP contribution in [0.25, 0.3) is 33.0 Å². The molecule has 8 heteroatoms. The number of nitrogens with one attached hydrogen (secondary N) is 1. The van der Waals surface area contributed by atoms with Crippen molar-refractivity contribution in [1.82, 2.24) is 29.7 Å². The molecular weight excluding hydrogens is 384 g/mol. The van der Waals surface area contributed by atoms with Gasteiger partial charge in [-0.1, -0.05) is 18.2 Å². The number of hydrogen-bond donors (Lipinski definition) is 2. The first-order valence-electron chi connectivity index (χ1n) is 9.32. The van der Waals surface area contributed by atoms with Crippen molar-refractivity contribution in [2.45, 2.75) is 18.6 Å². The highest BCUT2D eigenvalue weighted by molar-refractivity contribution is 7.13. The Balaban J connectivity index is 1.40. The Morgan fingerprint density at radius 1 is 1.14 bits per heavy atom. The second-order valence-corrected chi connectivity index (χ2v) is 8.00. The van der Waals surface area contributed by atoms with E-state index in [1.807, 2.05) is 52.5 Å². The van der Waals surface area contributed by atoms with E-state index in [9.17, 15) is 5.11 Å². The number of aryl methyl sites for hydroxylation is 1. The van der Waals surface area contributed by atoms with Crippen molar-refractivity contribution < 1.29 is 5.11 Å². The van der Waals surface area contributed by atoms with Crippen LogP contribution in [0.1, 0.15) is 17.8 Å². The van der Waals surface area contributed by atoms with Gasteiger partial charge in [0.25, 0.3) is 0 Å². The van der Waals surface area contributed by atoms with E-state index in [-0.39, 0.29) is 0 Å². The molecule has 142 valence electrons. The molecule has 0 fully saturated rings. The second kappa shape index (κ2) is 6.07. The van der Waals surface area contributed by atoms with Crippen LogP contribution in [-0.4, -0.2) is 34.8 Å². The van der Waals surface area contributed by atoms with E-state index in [0.717, 1.165) is 45.1 Å². The number of fused-ring (bicyclic) bond motifs is 2. The van der Waals surface area contributed by atoms with Gasteiger partial charge in [0, 0.05) is 42.5 Å². The first-order chi connectivity index (χ1) is 14.2. The van der Waals surface area contributed by atoms with Gasteiger partial charge in [0.2, 0.25) is 0 Å². The fourth-order valence-electron chi connectivity index (χ4n) is 3.97. The molecular formula is C21H16N6OS. The Kier molecular flexibility index (Phi) is 3.47. The molecule has 2 N–H and O–H groups in total. The van der Waals surface area contributed by atoms with Crippen LogP contribution in [0.15, 0.2) is 60.4 Å². The minimum absolute atomic E-state index is 0.618. The van der Waals surface area contributed by atoms with Crippen molar-refractivity contribution >= 4 is 22.4 Å². The first kappa shape index (κ1) is 16.6. The van der Waals surface area contributed by atoms with Gasteiger partial charge in [0.05, 0.1) is 11.2 Å². The van der Waals surface area contributed by atoms with Gasteiger partial charge in [-0.2, -0.15) is 5.10 Å². The van der Waals surface area contributed by atoms with Gasteiger partial charge >= 0.3 is 0 Å². The molecule has 0 saturated heterocycles. The fraction of sp³-hybridized carbons (Fsp3) is 0.143. The topological polar surface area (TPSA) is 92.5 Å². The maximum Gasteiger partial charge on any atom is 0.149 e. The highest BCUT2D eigenvalue weighted by atomic mass is 32.1. The maximum atomic E-state index is 11.3. The third kappa shape index (κ3) is 2.46. The number of H-pyrrole nitrogens is 1. The van der Waals surface area contributed by atoms with E-state index in [1.54, 1.807) is 12.4 Å². The van der Waals surface area contributed by atoms with Crippen molar-refractivity contribution in [2.75, 3.05) is 0 Å². The van der Waals surface area contributed by atoms with Gasteiger partial charge in [0.15, 0.2) is 0 Å². The molecule has 1 aliphatic rings.